The van der Waals surface area contributed by atoms with Gasteiger partial charge in [0.1, 0.15) is 11.1 Å². The fourth-order valence-electron chi connectivity index (χ4n) is 7.11. The average Bonchev–Trinajstić information content (AvgIpc) is 3.75. The van der Waals surface area contributed by atoms with E-state index in [4.69, 9.17) is 19.4 Å². The smallest absolute Gasteiger partial charge is 0.238 e. The van der Waals surface area contributed by atoms with Gasteiger partial charge in [-0.3, -0.25) is 4.57 Å². The predicted molar refractivity (Wildman–Crippen MR) is 203 cm³/mol. The van der Waals surface area contributed by atoms with Crippen LogP contribution in [0.1, 0.15) is 0 Å². The van der Waals surface area contributed by atoms with Crippen LogP contribution in [0.5, 0.6) is 0 Å². The molecule has 0 spiro atoms. The summed E-state index contributed by atoms with van der Waals surface area (Å²) in [6, 6.07) is 58.5. The summed E-state index contributed by atoms with van der Waals surface area (Å²) in [5, 5.41) is 4.29. The van der Waals surface area contributed by atoms with Gasteiger partial charge < -0.3 is 4.42 Å². The van der Waals surface area contributed by atoms with Crippen LogP contribution in [0.15, 0.2) is 174 Å². The van der Waals surface area contributed by atoms with Gasteiger partial charge in [0.2, 0.25) is 5.95 Å². The fraction of sp³-hybridized carbons (Fsp3) is 0. The van der Waals surface area contributed by atoms with Gasteiger partial charge in [-0.15, -0.1) is 0 Å². The van der Waals surface area contributed by atoms with Crippen LogP contribution in [0.4, 0.5) is 0 Å². The zero-order valence-corrected chi connectivity index (χ0v) is 26.9. The van der Waals surface area contributed by atoms with E-state index in [0.29, 0.717) is 17.6 Å². The standard InChI is InChI=1S/C45H28N4O/c1-4-13-29(14-5-1)30-23-25-33(26-24-30)44-46-43(32-17-8-3-9-18-32)47-45(48-44)49-39-22-11-10-19-35(39)36-27-28-38-37-21-12-20-34(31-15-6-2-7-16-31)41(37)50-42(38)40(36)49/h1-28H. The van der Waals surface area contributed by atoms with E-state index in [2.05, 4.69) is 132 Å². The first-order valence-corrected chi connectivity index (χ1v) is 16.7. The van der Waals surface area contributed by atoms with Crippen LogP contribution in [0, 0.1) is 0 Å². The number of rotatable bonds is 5. The lowest BCUT2D eigenvalue weighted by Gasteiger charge is -2.11. The highest BCUT2D eigenvalue weighted by molar-refractivity contribution is 6.22. The van der Waals surface area contributed by atoms with Crippen molar-refractivity contribution in [2.24, 2.45) is 0 Å². The molecule has 0 atom stereocenters. The lowest BCUT2D eigenvalue weighted by Crippen LogP contribution is -2.06. The highest BCUT2D eigenvalue weighted by Gasteiger charge is 2.23. The van der Waals surface area contributed by atoms with Crippen molar-refractivity contribution in [3.05, 3.63) is 170 Å². The normalized spacial score (nSPS) is 11.6. The molecule has 10 rings (SSSR count). The van der Waals surface area contributed by atoms with Crippen LogP contribution in [0.25, 0.3) is 94.7 Å². The number of hydrogen-bond acceptors (Lipinski definition) is 4. The second kappa shape index (κ2) is 11.4. The van der Waals surface area contributed by atoms with Gasteiger partial charge in [-0.1, -0.05) is 158 Å². The SMILES string of the molecule is c1ccc(-c2ccc(-c3nc(-c4ccccc4)nc(-n4c5ccccc5c5ccc6c7cccc(-c8ccccc8)c7oc6c54)n3)cc2)cc1. The highest BCUT2D eigenvalue weighted by atomic mass is 16.3. The van der Waals surface area contributed by atoms with E-state index in [9.17, 15) is 0 Å². The van der Waals surface area contributed by atoms with Crippen molar-refractivity contribution in [2.45, 2.75) is 0 Å². The molecule has 0 amide bonds. The van der Waals surface area contributed by atoms with Crippen LogP contribution in [-0.4, -0.2) is 19.5 Å². The first-order valence-electron chi connectivity index (χ1n) is 16.7. The average molecular weight is 641 g/mol. The van der Waals surface area contributed by atoms with E-state index in [-0.39, 0.29) is 0 Å². The summed E-state index contributed by atoms with van der Waals surface area (Å²) in [5.41, 5.74) is 9.87. The molecule has 3 aromatic heterocycles. The summed E-state index contributed by atoms with van der Waals surface area (Å²) in [6.07, 6.45) is 0. The van der Waals surface area contributed by atoms with E-state index in [1.54, 1.807) is 0 Å². The molecule has 0 bridgehead atoms. The van der Waals surface area contributed by atoms with Gasteiger partial charge in [-0.05, 0) is 28.8 Å². The third kappa shape index (κ3) is 4.52. The number of nitrogens with zero attached hydrogens (tertiary/aromatic N) is 4. The second-order valence-electron chi connectivity index (χ2n) is 12.4. The molecule has 0 N–H and O–H groups in total. The zero-order chi connectivity index (χ0) is 33.0. The van der Waals surface area contributed by atoms with Crippen molar-refractivity contribution in [3.63, 3.8) is 0 Å². The molecule has 50 heavy (non-hydrogen) atoms. The maximum atomic E-state index is 6.94. The summed E-state index contributed by atoms with van der Waals surface area (Å²) in [6.45, 7) is 0. The molecule has 0 aliphatic heterocycles. The van der Waals surface area contributed by atoms with Gasteiger partial charge in [0.05, 0.1) is 5.52 Å². The minimum Gasteiger partial charge on any atom is -0.453 e. The van der Waals surface area contributed by atoms with Crippen molar-refractivity contribution in [1.82, 2.24) is 19.5 Å². The first kappa shape index (κ1) is 28.2. The lowest BCUT2D eigenvalue weighted by atomic mass is 10.0. The van der Waals surface area contributed by atoms with E-state index in [1.807, 2.05) is 42.5 Å². The predicted octanol–water partition coefficient (Wildman–Crippen LogP) is 11.5. The molecule has 0 unspecified atom stereocenters. The van der Waals surface area contributed by atoms with Crippen molar-refractivity contribution < 1.29 is 4.42 Å². The monoisotopic (exact) mass is 640 g/mol. The Labute approximate surface area is 287 Å². The molecule has 5 nitrogen and oxygen atoms in total. The summed E-state index contributed by atoms with van der Waals surface area (Å²) in [5.74, 6) is 1.73. The Kier molecular flexibility index (Phi) is 6.42. The largest absolute Gasteiger partial charge is 0.453 e. The van der Waals surface area contributed by atoms with Gasteiger partial charge in [0.25, 0.3) is 0 Å². The number of benzene rings is 7. The summed E-state index contributed by atoms with van der Waals surface area (Å²) >= 11 is 0. The molecule has 0 saturated heterocycles. The fourth-order valence-corrected chi connectivity index (χ4v) is 7.11. The minimum absolute atomic E-state index is 0.531. The van der Waals surface area contributed by atoms with Crippen LogP contribution >= 0.6 is 0 Å². The molecule has 5 heteroatoms. The molecular formula is C45H28N4O. The number of furan rings is 1. The summed E-state index contributed by atoms with van der Waals surface area (Å²) < 4.78 is 9.08. The maximum absolute atomic E-state index is 6.94. The molecule has 0 saturated carbocycles. The Bertz CT molecular complexity index is 2840. The molecule has 0 aliphatic carbocycles. The summed E-state index contributed by atoms with van der Waals surface area (Å²) in [4.78, 5) is 15.4. The van der Waals surface area contributed by atoms with Crippen molar-refractivity contribution in [2.75, 3.05) is 0 Å². The van der Waals surface area contributed by atoms with Gasteiger partial charge in [-0.25, -0.2) is 4.98 Å². The molecule has 234 valence electrons. The highest BCUT2D eigenvalue weighted by Crippen LogP contribution is 2.42. The lowest BCUT2D eigenvalue weighted by molar-refractivity contribution is 0.672. The number of fused-ring (bicyclic) bond motifs is 7. The third-order valence-corrected chi connectivity index (χ3v) is 9.49. The van der Waals surface area contributed by atoms with Gasteiger partial charge >= 0.3 is 0 Å². The zero-order valence-electron chi connectivity index (χ0n) is 26.9. The van der Waals surface area contributed by atoms with E-state index >= 15 is 0 Å². The molecular weight excluding hydrogens is 613 g/mol. The molecule has 7 aromatic carbocycles. The maximum Gasteiger partial charge on any atom is 0.238 e. The van der Waals surface area contributed by atoms with E-state index < -0.39 is 0 Å². The Hall–Kier alpha value is -6.85. The van der Waals surface area contributed by atoms with Gasteiger partial charge in [0.15, 0.2) is 17.2 Å². The van der Waals surface area contributed by atoms with Gasteiger partial charge in [0, 0.05) is 38.2 Å². The van der Waals surface area contributed by atoms with Crippen LogP contribution in [0.3, 0.4) is 0 Å². The van der Waals surface area contributed by atoms with Gasteiger partial charge in [-0.2, -0.15) is 9.97 Å². The Morgan fingerprint density at radius 1 is 0.360 bits per heavy atom. The molecule has 0 aliphatic rings. The minimum atomic E-state index is 0.531. The molecule has 0 fully saturated rings. The summed E-state index contributed by atoms with van der Waals surface area (Å²) in [7, 11) is 0. The number of para-hydroxylation sites is 2. The number of aromatic nitrogens is 4. The van der Waals surface area contributed by atoms with Crippen molar-refractivity contribution in [3.8, 4) is 51.0 Å². The Morgan fingerprint density at radius 3 is 1.60 bits per heavy atom. The Morgan fingerprint density at radius 2 is 0.880 bits per heavy atom. The van der Waals surface area contributed by atoms with Crippen LogP contribution in [-0.2, 0) is 0 Å². The molecule has 3 heterocycles. The topological polar surface area (TPSA) is 56.7 Å². The van der Waals surface area contributed by atoms with Crippen molar-refractivity contribution >= 4 is 43.7 Å². The van der Waals surface area contributed by atoms with E-state index in [1.165, 1.54) is 0 Å². The first-order chi connectivity index (χ1) is 24.8. The molecule has 0 radical (unpaired) electrons. The van der Waals surface area contributed by atoms with Crippen LogP contribution < -0.4 is 0 Å². The quantitative estimate of drug-likeness (QED) is 0.188. The number of hydrogen-bond donors (Lipinski definition) is 0. The third-order valence-electron chi connectivity index (χ3n) is 9.49. The van der Waals surface area contributed by atoms with E-state index in [0.717, 1.165) is 77.1 Å². The second-order valence-corrected chi connectivity index (χ2v) is 12.4. The van der Waals surface area contributed by atoms with Crippen molar-refractivity contribution in [1.29, 1.82) is 0 Å². The Balaban J connectivity index is 1.25. The molecule has 10 aromatic rings. The van der Waals surface area contributed by atoms with Crippen LogP contribution in [0.2, 0.25) is 0 Å².